The van der Waals surface area contributed by atoms with Gasteiger partial charge in [-0.25, -0.2) is 4.79 Å². The molecule has 1 rings (SSSR count). The van der Waals surface area contributed by atoms with E-state index in [1.807, 2.05) is 30.3 Å². The highest BCUT2D eigenvalue weighted by Gasteiger charge is 2.30. The summed E-state index contributed by atoms with van der Waals surface area (Å²) in [7, 11) is 1.20. The van der Waals surface area contributed by atoms with Gasteiger partial charge in [0.25, 0.3) is 0 Å². The van der Waals surface area contributed by atoms with Crippen LogP contribution in [0.4, 0.5) is 0 Å². The van der Waals surface area contributed by atoms with E-state index in [-0.39, 0.29) is 19.0 Å². The first-order chi connectivity index (χ1) is 9.45. The molecule has 0 spiro atoms. The van der Waals surface area contributed by atoms with E-state index < -0.39 is 11.6 Å². The molecule has 1 unspecified atom stereocenters. The number of esters is 1. The normalized spacial score (nSPS) is 13.3. The number of hydrogen-bond acceptors (Lipinski definition) is 5. The van der Waals surface area contributed by atoms with Crippen LogP contribution in [0, 0.1) is 0 Å². The lowest BCUT2D eigenvalue weighted by Crippen LogP contribution is -2.47. The van der Waals surface area contributed by atoms with Crippen LogP contribution in [-0.2, 0) is 20.9 Å². The predicted octanol–water partition coefficient (Wildman–Crippen LogP) is -0.184. The van der Waals surface area contributed by atoms with Gasteiger partial charge in [0.1, 0.15) is 0 Å². The Morgan fingerprint density at radius 3 is 2.55 bits per heavy atom. The second-order valence-electron chi connectivity index (χ2n) is 4.63. The molecule has 6 nitrogen and oxygen atoms in total. The number of ether oxygens (including phenoxy) is 1. The molecule has 0 heterocycles. The van der Waals surface area contributed by atoms with Crippen LogP contribution in [0.1, 0.15) is 12.5 Å². The van der Waals surface area contributed by atoms with E-state index in [1.165, 1.54) is 14.0 Å². The van der Waals surface area contributed by atoms with Crippen molar-refractivity contribution in [1.29, 1.82) is 0 Å². The van der Waals surface area contributed by atoms with Gasteiger partial charge in [-0.15, -0.1) is 0 Å². The summed E-state index contributed by atoms with van der Waals surface area (Å²) in [5.41, 5.74) is -0.642. The summed E-state index contributed by atoms with van der Waals surface area (Å²) >= 11 is 0. The van der Waals surface area contributed by atoms with Gasteiger partial charge < -0.3 is 20.5 Å². The summed E-state index contributed by atoms with van der Waals surface area (Å²) < 4.78 is 4.45. The fourth-order valence-electron chi connectivity index (χ4n) is 1.57. The van der Waals surface area contributed by atoms with Crippen molar-refractivity contribution in [3.63, 3.8) is 0 Å². The Bertz CT molecular complexity index is 446. The molecule has 6 heteroatoms. The largest absolute Gasteiger partial charge is 0.467 e. The van der Waals surface area contributed by atoms with Crippen molar-refractivity contribution in [1.82, 2.24) is 10.6 Å². The van der Waals surface area contributed by atoms with Gasteiger partial charge >= 0.3 is 5.97 Å². The van der Waals surface area contributed by atoms with Crippen LogP contribution in [0.15, 0.2) is 30.3 Å². The van der Waals surface area contributed by atoms with Crippen LogP contribution >= 0.6 is 0 Å². The van der Waals surface area contributed by atoms with Gasteiger partial charge in [0, 0.05) is 13.1 Å². The maximum absolute atomic E-state index is 11.6. The molecule has 0 saturated carbocycles. The van der Waals surface area contributed by atoms with E-state index in [1.54, 1.807) is 0 Å². The van der Waals surface area contributed by atoms with E-state index in [4.69, 9.17) is 0 Å². The highest BCUT2D eigenvalue weighted by atomic mass is 16.5. The number of carbonyl (C=O) groups is 2. The Kier molecular flexibility index (Phi) is 6.14. The number of hydrogen-bond donors (Lipinski definition) is 3. The van der Waals surface area contributed by atoms with Crippen LogP contribution < -0.4 is 10.6 Å². The Hall–Kier alpha value is -1.92. The topological polar surface area (TPSA) is 87.7 Å². The first-order valence-corrected chi connectivity index (χ1v) is 6.28. The summed E-state index contributed by atoms with van der Waals surface area (Å²) in [6, 6.07) is 9.52. The lowest BCUT2D eigenvalue weighted by Gasteiger charge is -2.20. The van der Waals surface area contributed by atoms with Crippen molar-refractivity contribution in [3.05, 3.63) is 35.9 Å². The minimum absolute atomic E-state index is 0.0139. The number of rotatable bonds is 7. The molecule has 1 amide bonds. The van der Waals surface area contributed by atoms with Gasteiger partial charge in [-0.3, -0.25) is 4.79 Å². The summed E-state index contributed by atoms with van der Waals surface area (Å²) in [5, 5.41) is 15.2. The average Bonchev–Trinajstić information content (AvgIpc) is 2.45. The first kappa shape index (κ1) is 16.1. The molecule has 110 valence electrons. The van der Waals surface area contributed by atoms with E-state index in [2.05, 4.69) is 15.4 Å². The summed E-state index contributed by atoms with van der Waals surface area (Å²) in [5.74, 6) is -0.954. The molecule has 1 atom stereocenters. The number of amides is 1. The van der Waals surface area contributed by atoms with Gasteiger partial charge in [-0.2, -0.15) is 0 Å². The third-order valence-corrected chi connectivity index (χ3v) is 2.71. The van der Waals surface area contributed by atoms with E-state index >= 15 is 0 Å². The van der Waals surface area contributed by atoms with Crippen molar-refractivity contribution in [2.24, 2.45) is 0 Å². The third kappa shape index (κ3) is 5.38. The highest BCUT2D eigenvalue weighted by Crippen LogP contribution is 2.03. The third-order valence-electron chi connectivity index (χ3n) is 2.71. The zero-order valence-electron chi connectivity index (χ0n) is 11.7. The molecule has 0 saturated heterocycles. The Labute approximate surface area is 118 Å². The van der Waals surface area contributed by atoms with Gasteiger partial charge in [0.2, 0.25) is 5.91 Å². The lowest BCUT2D eigenvalue weighted by molar-refractivity contribution is -0.160. The van der Waals surface area contributed by atoms with Gasteiger partial charge in [0.15, 0.2) is 5.60 Å². The van der Waals surface area contributed by atoms with Crippen molar-refractivity contribution in [2.75, 3.05) is 20.2 Å². The van der Waals surface area contributed by atoms with Crippen LogP contribution in [-0.4, -0.2) is 42.8 Å². The minimum atomic E-state index is -1.64. The van der Waals surface area contributed by atoms with E-state index in [0.717, 1.165) is 5.56 Å². The summed E-state index contributed by atoms with van der Waals surface area (Å²) in [6.07, 6.45) is 0. The number of aliphatic hydroxyl groups is 1. The molecule has 0 bridgehead atoms. The van der Waals surface area contributed by atoms with Gasteiger partial charge in [-0.05, 0) is 12.5 Å². The Morgan fingerprint density at radius 1 is 1.30 bits per heavy atom. The molecule has 0 aliphatic heterocycles. The van der Waals surface area contributed by atoms with Crippen molar-refractivity contribution >= 4 is 11.9 Å². The summed E-state index contributed by atoms with van der Waals surface area (Å²) in [6.45, 7) is 1.72. The zero-order chi connectivity index (χ0) is 15.0. The first-order valence-electron chi connectivity index (χ1n) is 6.28. The molecule has 0 aliphatic rings. The quantitative estimate of drug-likeness (QED) is 0.603. The lowest BCUT2D eigenvalue weighted by atomic mass is 10.1. The number of carbonyl (C=O) groups excluding carboxylic acids is 2. The molecule has 1 aromatic carbocycles. The van der Waals surface area contributed by atoms with Crippen LogP contribution in [0.2, 0.25) is 0 Å². The van der Waals surface area contributed by atoms with Gasteiger partial charge in [-0.1, -0.05) is 30.3 Å². The second kappa shape index (κ2) is 7.62. The zero-order valence-corrected chi connectivity index (χ0v) is 11.7. The smallest absolute Gasteiger partial charge is 0.338 e. The molecule has 0 radical (unpaired) electrons. The number of benzene rings is 1. The molecule has 1 aromatic rings. The monoisotopic (exact) mass is 280 g/mol. The maximum atomic E-state index is 11.6. The predicted molar refractivity (Wildman–Crippen MR) is 73.8 cm³/mol. The Balaban J connectivity index is 2.25. The van der Waals surface area contributed by atoms with Crippen LogP contribution in [0.25, 0.3) is 0 Å². The molecule has 0 fully saturated rings. The minimum Gasteiger partial charge on any atom is -0.467 e. The number of nitrogens with one attached hydrogen (secondary N) is 2. The Morgan fingerprint density at radius 2 is 1.95 bits per heavy atom. The van der Waals surface area contributed by atoms with E-state index in [9.17, 15) is 14.7 Å². The molecular formula is C14H20N2O4. The van der Waals surface area contributed by atoms with Crippen LogP contribution in [0.3, 0.4) is 0 Å². The van der Waals surface area contributed by atoms with Crippen molar-refractivity contribution in [2.45, 2.75) is 19.1 Å². The summed E-state index contributed by atoms with van der Waals surface area (Å²) in [4.78, 5) is 22.8. The standard InChI is InChI=1S/C14H20N2O4/c1-14(19,13(18)20-2)10-15-9-12(17)16-8-11-6-4-3-5-7-11/h3-7,15,19H,8-10H2,1-2H3,(H,16,17). The molecule has 0 aromatic heterocycles. The molecule has 3 N–H and O–H groups in total. The molecule has 0 aliphatic carbocycles. The second-order valence-corrected chi connectivity index (χ2v) is 4.63. The van der Waals surface area contributed by atoms with E-state index in [0.29, 0.717) is 6.54 Å². The SMILES string of the molecule is COC(=O)C(C)(O)CNCC(=O)NCc1ccccc1. The van der Waals surface area contributed by atoms with Crippen molar-refractivity contribution in [3.8, 4) is 0 Å². The highest BCUT2D eigenvalue weighted by molar-refractivity contribution is 5.80. The average molecular weight is 280 g/mol. The molecular weight excluding hydrogens is 260 g/mol. The fraction of sp³-hybridized carbons (Fsp3) is 0.429. The maximum Gasteiger partial charge on any atom is 0.338 e. The van der Waals surface area contributed by atoms with Crippen molar-refractivity contribution < 1.29 is 19.4 Å². The number of methoxy groups -OCH3 is 1. The van der Waals surface area contributed by atoms with Crippen LogP contribution in [0.5, 0.6) is 0 Å². The molecule has 20 heavy (non-hydrogen) atoms. The van der Waals surface area contributed by atoms with Gasteiger partial charge in [0.05, 0.1) is 13.7 Å². The fourth-order valence-corrected chi connectivity index (χ4v) is 1.57.